The SMILES string of the molecule is Cc1ccc(F)c([C@H](N)C(C)(C)CO)c1O.Cl. The van der Waals surface area contributed by atoms with Gasteiger partial charge in [0.25, 0.3) is 0 Å². The Hall–Kier alpha value is -0.840. The molecule has 0 saturated heterocycles. The number of halogens is 2. The molecule has 0 spiro atoms. The molecule has 1 rings (SSSR count). The molecule has 3 nitrogen and oxygen atoms in total. The third kappa shape index (κ3) is 3.09. The van der Waals surface area contributed by atoms with E-state index in [1.54, 1.807) is 20.8 Å². The normalized spacial score (nSPS) is 13.1. The lowest BCUT2D eigenvalue weighted by molar-refractivity contribution is 0.129. The largest absolute Gasteiger partial charge is 0.507 e. The molecule has 0 aromatic heterocycles. The highest BCUT2D eigenvalue weighted by Gasteiger charge is 2.31. The van der Waals surface area contributed by atoms with Gasteiger partial charge >= 0.3 is 0 Å². The van der Waals surface area contributed by atoms with Crippen LogP contribution < -0.4 is 5.73 Å². The van der Waals surface area contributed by atoms with Gasteiger partial charge in [0.15, 0.2) is 0 Å². The fourth-order valence-electron chi connectivity index (χ4n) is 1.48. The van der Waals surface area contributed by atoms with Gasteiger partial charge in [0.1, 0.15) is 11.6 Å². The van der Waals surface area contributed by atoms with Crippen LogP contribution in [0.3, 0.4) is 0 Å². The number of hydrogen-bond acceptors (Lipinski definition) is 3. The fraction of sp³-hybridized carbons (Fsp3) is 0.500. The predicted octanol–water partition coefficient (Wildman–Crippen LogP) is 2.28. The van der Waals surface area contributed by atoms with E-state index in [1.165, 1.54) is 12.1 Å². The second kappa shape index (κ2) is 5.67. The van der Waals surface area contributed by atoms with Crippen LogP contribution in [0.4, 0.5) is 4.39 Å². The molecule has 5 heteroatoms. The lowest BCUT2D eigenvalue weighted by atomic mass is 9.81. The molecule has 0 aliphatic heterocycles. The van der Waals surface area contributed by atoms with Gasteiger partial charge in [0.05, 0.1) is 0 Å². The van der Waals surface area contributed by atoms with E-state index in [9.17, 15) is 14.6 Å². The number of aromatic hydroxyl groups is 1. The third-order valence-corrected chi connectivity index (χ3v) is 2.93. The summed E-state index contributed by atoms with van der Waals surface area (Å²) in [6.07, 6.45) is 0. The number of nitrogens with two attached hydrogens (primary N) is 1. The van der Waals surface area contributed by atoms with Gasteiger partial charge in [0.2, 0.25) is 0 Å². The number of rotatable bonds is 3. The third-order valence-electron chi connectivity index (χ3n) is 2.93. The Morgan fingerprint density at radius 2 is 1.94 bits per heavy atom. The Kier molecular flexibility index (Phi) is 5.39. The van der Waals surface area contributed by atoms with Crippen molar-refractivity contribution >= 4 is 12.4 Å². The second-order valence-electron chi connectivity index (χ2n) is 4.75. The smallest absolute Gasteiger partial charge is 0.131 e. The average Bonchev–Trinajstić information content (AvgIpc) is 2.24. The summed E-state index contributed by atoms with van der Waals surface area (Å²) < 4.78 is 13.6. The lowest BCUT2D eigenvalue weighted by Gasteiger charge is -2.30. The number of phenols is 1. The minimum atomic E-state index is -0.752. The molecule has 17 heavy (non-hydrogen) atoms. The minimum absolute atomic E-state index is 0. The zero-order valence-corrected chi connectivity index (χ0v) is 11.0. The van der Waals surface area contributed by atoms with E-state index in [2.05, 4.69) is 0 Å². The maximum absolute atomic E-state index is 13.6. The first kappa shape index (κ1) is 16.2. The number of benzene rings is 1. The van der Waals surface area contributed by atoms with Crippen molar-refractivity contribution in [2.24, 2.45) is 11.1 Å². The summed E-state index contributed by atoms with van der Waals surface area (Å²) in [6, 6.07) is 2.02. The molecule has 4 N–H and O–H groups in total. The Balaban J connectivity index is 0.00000256. The van der Waals surface area contributed by atoms with Crippen LogP contribution in [0, 0.1) is 18.2 Å². The van der Waals surface area contributed by atoms with Crippen molar-refractivity contribution in [1.82, 2.24) is 0 Å². The second-order valence-corrected chi connectivity index (χ2v) is 4.75. The number of aliphatic hydroxyl groups excluding tert-OH is 1. The molecular formula is C12H19ClFNO2. The van der Waals surface area contributed by atoms with Crippen molar-refractivity contribution in [3.8, 4) is 5.75 Å². The van der Waals surface area contributed by atoms with Crippen molar-refractivity contribution in [2.45, 2.75) is 26.8 Å². The summed E-state index contributed by atoms with van der Waals surface area (Å²) in [5.41, 5.74) is 5.84. The Morgan fingerprint density at radius 3 is 2.41 bits per heavy atom. The molecule has 0 radical (unpaired) electrons. The molecule has 0 unspecified atom stereocenters. The summed E-state index contributed by atoms with van der Waals surface area (Å²) in [7, 11) is 0. The standard InChI is InChI=1S/C12H18FNO2.ClH/c1-7-4-5-8(13)9(10(7)16)11(14)12(2,3)6-15;/h4-5,11,15-16H,6,14H2,1-3H3;1H/t11-;/m0./s1. The van der Waals surface area contributed by atoms with Crippen LogP contribution in [0.25, 0.3) is 0 Å². The van der Waals surface area contributed by atoms with E-state index in [0.29, 0.717) is 5.56 Å². The Bertz CT molecular complexity index is 396. The lowest BCUT2D eigenvalue weighted by Crippen LogP contribution is -2.33. The molecule has 0 aliphatic rings. The molecule has 0 amide bonds. The summed E-state index contributed by atoms with van der Waals surface area (Å²) in [6.45, 7) is 4.94. The maximum Gasteiger partial charge on any atom is 0.131 e. The highest BCUT2D eigenvalue weighted by Crippen LogP contribution is 2.38. The van der Waals surface area contributed by atoms with Gasteiger partial charge in [-0.05, 0) is 18.6 Å². The Labute approximate surface area is 107 Å². The Morgan fingerprint density at radius 1 is 1.41 bits per heavy atom. The van der Waals surface area contributed by atoms with E-state index in [1.807, 2.05) is 0 Å². The first-order chi connectivity index (χ1) is 7.31. The molecule has 98 valence electrons. The van der Waals surface area contributed by atoms with Crippen molar-refractivity contribution in [2.75, 3.05) is 6.61 Å². The zero-order valence-electron chi connectivity index (χ0n) is 10.2. The quantitative estimate of drug-likeness (QED) is 0.784. The van der Waals surface area contributed by atoms with E-state index in [0.717, 1.165) is 0 Å². The summed E-state index contributed by atoms with van der Waals surface area (Å²) in [5, 5.41) is 19.0. The van der Waals surface area contributed by atoms with Gasteiger partial charge in [-0.1, -0.05) is 19.9 Å². The predicted molar refractivity (Wildman–Crippen MR) is 67.8 cm³/mol. The van der Waals surface area contributed by atoms with Gasteiger partial charge in [-0.3, -0.25) is 0 Å². The molecule has 1 aromatic rings. The summed E-state index contributed by atoms with van der Waals surface area (Å²) in [5.74, 6) is -0.675. The number of hydrogen-bond donors (Lipinski definition) is 3. The molecule has 0 saturated carbocycles. The highest BCUT2D eigenvalue weighted by atomic mass is 35.5. The van der Waals surface area contributed by atoms with Gasteiger partial charge in [0, 0.05) is 23.6 Å². The number of aryl methyl sites for hydroxylation is 1. The van der Waals surface area contributed by atoms with Crippen LogP contribution in [0.1, 0.15) is 31.0 Å². The van der Waals surface area contributed by atoms with Crippen LogP contribution in [0.15, 0.2) is 12.1 Å². The molecule has 0 bridgehead atoms. The molecular weight excluding hydrogens is 245 g/mol. The van der Waals surface area contributed by atoms with E-state index in [4.69, 9.17) is 5.73 Å². The van der Waals surface area contributed by atoms with Gasteiger partial charge in [-0.25, -0.2) is 4.39 Å². The van der Waals surface area contributed by atoms with Crippen molar-refractivity contribution in [3.05, 3.63) is 29.1 Å². The van der Waals surface area contributed by atoms with Crippen molar-refractivity contribution in [3.63, 3.8) is 0 Å². The summed E-state index contributed by atoms with van der Waals surface area (Å²) in [4.78, 5) is 0. The first-order valence-corrected chi connectivity index (χ1v) is 5.15. The fourth-order valence-corrected chi connectivity index (χ4v) is 1.48. The monoisotopic (exact) mass is 263 g/mol. The van der Waals surface area contributed by atoms with Crippen molar-refractivity contribution < 1.29 is 14.6 Å². The van der Waals surface area contributed by atoms with E-state index >= 15 is 0 Å². The zero-order chi connectivity index (χ0) is 12.5. The van der Waals surface area contributed by atoms with Gasteiger partial charge < -0.3 is 15.9 Å². The van der Waals surface area contributed by atoms with Crippen LogP contribution >= 0.6 is 12.4 Å². The van der Waals surface area contributed by atoms with Crippen LogP contribution in [0.5, 0.6) is 5.75 Å². The number of phenolic OH excluding ortho intramolecular Hbond substituents is 1. The molecule has 0 aliphatic carbocycles. The highest BCUT2D eigenvalue weighted by molar-refractivity contribution is 5.85. The van der Waals surface area contributed by atoms with E-state index < -0.39 is 17.3 Å². The molecule has 1 atom stereocenters. The van der Waals surface area contributed by atoms with Crippen LogP contribution in [-0.2, 0) is 0 Å². The molecule has 0 heterocycles. The number of aliphatic hydroxyl groups is 1. The van der Waals surface area contributed by atoms with Crippen LogP contribution in [0.2, 0.25) is 0 Å². The summed E-state index contributed by atoms with van der Waals surface area (Å²) >= 11 is 0. The van der Waals surface area contributed by atoms with Crippen LogP contribution in [-0.4, -0.2) is 16.8 Å². The first-order valence-electron chi connectivity index (χ1n) is 5.15. The molecule has 1 aromatic carbocycles. The van der Waals surface area contributed by atoms with Gasteiger partial charge in [-0.2, -0.15) is 0 Å². The van der Waals surface area contributed by atoms with Crippen molar-refractivity contribution in [1.29, 1.82) is 0 Å². The average molecular weight is 264 g/mol. The maximum atomic E-state index is 13.6. The topological polar surface area (TPSA) is 66.5 Å². The van der Waals surface area contributed by atoms with E-state index in [-0.39, 0.29) is 30.3 Å². The minimum Gasteiger partial charge on any atom is -0.507 e. The molecule has 0 fully saturated rings. The van der Waals surface area contributed by atoms with Gasteiger partial charge in [-0.15, -0.1) is 12.4 Å².